The van der Waals surface area contributed by atoms with Crippen LogP contribution in [0.3, 0.4) is 0 Å². The smallest absolute Gasteiger partial charge is 0.270 e. The summed E-state index contributed by atoms with van der Waals surface area (Å²) >= 11 is 2.23. The summed E-state index contributed by atoms with van der Waals surface area (Å²) in [6.07, 6.45) is 0.743. The zero-order chi connectivity index (χ0) is 20.0. The lowest BCUT2D eigenvalue weighted by molar-refractivity contribution is -0.384. The number of fused-ring (bicyclic) bond motifs is 5. The number of benzene rings is 2. The minimum atomic E-state index is -0.539. The first-order valence-electron chi connectivity index (χ1n) is 8.62. The molecular formula is C20H15IN2O5. The van der Waals surface area contributed by atoms with Gasteiger partial charge in [0.05, 0.1) is 28.7 Å². The number of hydrogen-bond donors (Lipinski definition) is 0. The van der Waals surface area contributed by atoms with E-state index in [0.29, 0.717) is 40.1 Å². The third-order valence-corrected chi connectivity index (χ3v) is 5.70. The fourth-order valence-electron chi connectivity index (χ4n) is 3.67. The Hall–Kier alpha value is -2.75. The van der Waals surface area contributed by atoms with Gasteiger partial charge in [0.15, 0.2) is 5.78 Å². The number of methoxy groups -OCH3 is 1. The highest BCUT2D eigenvalue weighted by Gasteiger charge is 2.33. The van der Waals surface area contributed by atoms with Gasteiger partial charge in [0.2, 0.25) is 0 Å². The van der Waals surface area contributed by atoms with E-state index >= 15 is 0 Å². The van der Waals surface area contributed by atoms with Crippen LogP contribution in [-0.4, -0.2) is 26.8 Å². The maximum absolute atomic E-state index is 13.2. The number of aromatic nitrogens is 1. The fourth-order valence-corrected chi connectivity index (χ4v) is 4.01. The van der Waals surface area contributed by atoms with Gasteiger partial charge < -0.3 is 9.30 Å². The molecule has 28 heavy (non-hydrogen) atoms. The Kier molecular flexibility index (Phi) is 4.66. The van der Waals surface area contributed by atoms with Gasteiger partial charge in [0.1, 0.15) is 5.75 Å². The van der Waals surface area contributed by atoms with Crippen LogP contribution < -0.4 is 10.3 Å². The van der Waals surface area contributed by atoms with Crippen LogP contribution in [-0.2, 0) is 6.54 Å². The average molecular weight is 490 g/mol. The Balaban J connectivity index is 2.11. The van der Waals surface area contributed by atoms with Gasteiger partial charge in [-0.1, -0.05) is 22.6 Å². The van der Waals surface area contributed by atoms with Crippen LogP contribution in [0.25, 0.3) is 22.0 Å². The summed E-state index contributed by atoms with van der Waals surface area (Å²) < 4.78 is 7.66. The summed E-state index contributed by atoms with van der Waals surface area (Å²) in [5.41, 5.74) is 1.67. The van der Waals surface area contributed by atoms with Gasteiger partial charge in [-0.2, -0.15) is 0 Å². The highest BCUT2D eigenvalue weighted by molar-refractivity contribution is 14.1. The molecule has 1 heterocycles. The molecule has 0 unspecified atom stereocenters. The van der Waals surface area contributed by atoms with E-state index in [1.54, 1.807) is 22.8 Å². The molecule has 0 atom stereocenters. The van der Waals surface area contributed by atoms with Crippen LogP contribution in [0.15, 0.2) is 41.2 Å². The second-order valence-corrected chi connectivity index (χ2v) is 7.53. The van der Waals surface area contributed by atoms with E-state index in [9.17, 15) is 19.7 Å². The summed E-state index contributed by atoms with van der Waals surface area (Å²) in [5, 5.41) is 11.8. The zero-order valence-electron chi connectivity index (χ0n) is 14.9. The summed E-state index contributed by atoms with van der Waals surface area (Å²) in [6.45, 7) is 0.432. The molecule has 0 saturated heterocycles. The fraction of sp³-hybridized carbons (Fsp3) is 0.200. The molecule has 8 heteroatoms. The molecule has 0 radical (unpaired) electrons. The average Bonchev–Trinajstić information content (AvgIpc) is 2.99. The summed E-state index contributed by atoms with van der Waals surface area (Å²) in [5.74, 6) is 0.354. The normalized spacial score (nSPS) is 12.1. The van der Waals surface area contributed by atoms with Crippen molar-refractivity contribution >= 4 is 44.8 Å². The molecule has 4 rings (SSSR count). The van der Waals surface area contributed by atoms with Crippen LogP contribution in [0.1, 0.15) is 22.3 Å². The van der Waals surface area contributed by atoms with E-state index in [1.807, 2.05) is 0 Å². The molecule has 1 aromatic heterocycles. The number of ether oxygens (including phenoxy) is 1. The maximum Gasteiger partial charge on any atom is 0.270 e. The summed E-state index contributed by atoms with van der Waals surface area (Å²) in [6, 6.07) is 9.30. The molecule has 1 aliphatic rings. The molecule has 142 valence electrons. The van der Waals surface area contributed by atoms with Gasteiger partial charge in [-0.3, -0.25) is 19.7 Å². The van der Waals surface area contributed by atoms with E-state index in [4.69, 9.17) is 4.74 Å². The minimum absolute atomic E-state index is 0.172. The Morgan fingerprint density at radius 1 is 1.11 bits per heavy atom. The third-order valence-electron chi connectivity index (χ3n) is 4.93. The van der Waals surface area contributed by atoms with Crippen molar-refractivity contribution < 1.29 is 14.5 Å². The first-order valence-corrected chi connectivity index (χ1v) is 10.1. The molecule has 0 spiro atoms. The van der Waals surface area contributed by atoms with E-state index < -0.39 is 4.92 Å². The molecule has 1 aliphatic carbocycles. The highest BCUT2D eigenvalue weighted by atomic mass is 127. The second-order valence-electron chi connectivity index (χ2n) is 6.45. The predicted molar refractivity (Wildman–Crippen MR) is 114 cm³/mol. The van der Waals surface area contributed by atoms with Gasteiger partial charge in [0.25, 0.3) is 11.2 Å². The van der Waals surface area contributed by atoms with Gasteiger partial charge in [-0.15, -0.1) is 0 Å². The summed E-state index contributed by atoms with van der Waals surface area (Å²) in [4.78, 5) is 37.1. The molecule has 0 amide bonds. The van der Waals surface area contributed by atoms with Crippen LogP contribution in [0.5, 0.6) is 5.75 Å². The van der Waals surface area contributed by atoms with E-state index in [0.717, 1.165) is 10.8 Å². The van der Waals surface area contributed by atoms with Gasteiger partial charge >= 0.3 is 0 Å². The number of carbonyl (C=O) groups excluding carboxylic acids is 1. The number of nitrogens with zero attached hydrogens (tertiary/aromatic N) is 2. The Bertz CT molecular complexity index is 1220. The molecule has 0 aliphatic heterocycles. The minimum Gasteiger partial charge on any atom is -0.497 e. The standard InChI is InChI=1S/C20H15IN2O5/c1-28-12-4-6-14-15(10-12)19(24)17-13-5-3-11(23(26)27)9-16(13)20(25)22(18(14)17)8-2-7-21/h3-6,9-10H,2,7-8H2,1H3. The van der Waals surface area contributed by atoms with Crippen molar-refractivity contribution in [2.75, 3.05) is 11.5 Å². The van der Waals surface area contributed by atoms with E-state index in [2.05, 4.69) is 22.6 Å². The lowest BCUT2D eigenvalue weighted by Crippen LogP contribution is -2.23. The molecule has 7 nitrogen and oxygen atoms in total. The topological polar surface area (TPSA) is 91.4 Å². The van der Waals surface area contributed by atoms with Crippen molar-refractivity contribution in [3.63, 3.8) is 0 Å². The molecule has 3 aromatic rings. The first-order chi connectivity index (χ1) is 13.5. The van der Waals surface area contributed by atoms with Gasteiger partial charge in [0, 0.05) is 39.6 Å². The number of halogens is 1. The lowest BCUT2D eigenvalue weighted by atomic mass is 10.0. The number of alkyl halides is 1. The van der Waals surface area contributed by atoms with E-state index in [-0.39, 0.29) is 22.4 Å². The first kappa shape index (κ1) is 18.6. The number of pyridine rings is 1. The van der Waals surface area contributed by atoms with Crippen LogP contribution in [0.4, 0.5) is 5.69 Å². The van der Waals surface area contributed by atoms with Crippen molar-refractivity contribution in [2.24, 2.45) is 0 Å². The molecule has 0 bridgehead atoms. The number of rotatable bonds is 5. The van der Waals surface area contributed by atoms with Crippen molar-refractivity contribution in [2.45, 2.75) is 13.0 Å². The van der Waals surface area contributed by atoms with Gasteiger partial charge in [-0.25, -0.2) is 0 Å². The number of hydrogen-bond acceptors (Lipinski definition) is 5. The monoisotopic (exact) mass is 490 g/mol. The van der Waals surface area contributed by atoms with Crippen molar-refractivity contribution in [3.05, 3.63) is 68.0 Å². The Labute approximate surface area is 173 Å². The Morgan fingerprint density at radius 3 is 2.57 bits per heavy atom. The van der Waals surface area contributed by atoms with Crippen molar-refractivity contribution in [3.8, 4) is 17.0 Å². The number of nitro benzene ring substituents is 1. The molecule has 0 fully saturated rings. The lowest BCUT2D eigenvalue weighted by Gasteiger charge is -2.14. The number of ketones is 1. The molecule has 0 N–H and O–H groups in total. The maximum atomic E-state index is 13.2. The highest BCUT2D eigenvalue weighted by Crippen LogP contribution is 2.41. The second kappa shape index (κ2) is 7.01. The molecular weight excluding hydrogens is 475 g/mol. The summed E-state index contributed by atoms with van der Waals surface area (Å²) in [7, 11) is 1.53. The quantitative estimate of drug-likeness (QED) is 0.183. The van der Waals surface area contributed by atoms with Crippen molar-refractivity contribution in [1.29, 1.82) is 0 Å². The molecule has 2 aromatic carbocycles. The van der Waals surface area contributed by atoms with E-state index in [1.165, 1.54) is 25.3 Å². The number of nitro groups is 1. The van der Waals surface area contributed by atoms with Gasteiger partial charge in [-0.05, 0) is 30.7 Å². The number of non-ortho nitro benzene ring substituents is 1. The SMILES string of the molecule is COc1ccc2c(c1)C(=O)c1c-2n(CCCI)c(=O)c2cc([N+](=O)[O-])ccc12. The Morgan fingerprint density at radius 2 is 1.89 bits per heavy atom. The van der Waals surface area contributed by atoms with Crippen LogP contribution in [0, 0.1) is 10.1 Å². The third kappa shape index (κ3) is 2.70. The van der Waals surface area contributed by atoms with Crippen LogP contribution >= 0.6 is 22.6 Å². The largest absolute Gasteiger partial charge is 0.497 e. The van der Waals surface area contributed by atoms with Crippen LogP contribution in [0.2, 0.25) is 0 Å². The molecule has 0 saturated carbocycles. The van der Waals surface area contributed by atoms with Crippen molar-refractivity contribution in [1.82, 2.24) is 4.57 Å². The zero-order valence-corrected chi connectivity index (χ0v) is 17.1. The number of carbonyl (C=O) groups is 1. The predicted octanol–water partition coefficient (Wildman–Crippen LogP) is 3.95.